The molecule has 0 saturated heterocycles. The number of nitrogens with one attached hydrogen (secondary N) is 2. The van der Waals surface area contributed by atoms with Crippen molar-refractivity contribution in [2.45, 2.75) is 39.8 Å². The van der Waals surface area contributed by atoms with Crippen LogP contribution in [0.5, 0.6) is 0 Å². The number of halogens is 2. The maximum absolute atomic E-state index is 5.90. The molecule has 0 atom stereocenters. The zero-order valence-corrected chi connectivity index (χ0v) is 18.1. The zero-order valence-electron chi connectivity index (χ0n) is 14.2. The number of aliphatic imine (C=N–C) groups is 1. The summed E-state index contributed by atoms with van der Waals surface area (Å²) in [5, 5.41) is 10.6. The van der Waals surface area contributed by atoms with Crippen LogP contribution in [0.15, 0.2) is 34.6 Å². The molecule has 0 aliphatic heterocycles. The van der Waals surface area contributed by atoms with Gasteiger partial charge in [0.15, 0.2) is 5.96 Å². The first-order valence-corrected chi connectivity index (χ1v) is 9.05. The van der Waals surface area contributed by atoms with Crippen molar-refractivity contribution >= 4 is 52.9 Å². The summed E-state index contributed by atoms with van der Waals surface area (Å²) in [6, 6.07) is 7.75. The molecule has 2 aromatic rings. The lowest BCUT2D eigenvalue weighted by Crippen LogP contribution is -2.36. The highest BCUT2D eigenvalue weighted by Gasteiger charge is 2.06. The topological polar surface area (TPSA) is 49.3 Å². The minimum absolute atomic E-state index is 0. The van der Waals surface area contributed by atoms with Gasteiger partial charge in [0.2, 0.25) is 0 Å². The summed E-state index contributed by atoms with van der Waals surface area (Å²) < 4.78 is 0. The molecule has 0 fully saturated rings. The van der Waals surface area contributed by atoms with Crippen LogP contribution in [0.25, 0.3) is 0 Å². The van der Waals surface area contributed by atoms with E-state index < -0.39 is 0 Å². The molecule has 2 rings (SSSR count). The molecule has 0 saturated carbocycles. The lowest BCUT2D eigenvalue weighted by atomic mass is 10.2. The summed E-state index contributed by atoms with van der Waals surface area (Å²) in [7, 11) is 0. The Kier molecular flexibility index (Phi) is 9.61. The second kappa shape index (κ2) is 10.9. The smallest absolute Gasteiger partial charge is 0.191 e. The van der Waals surface area contributed by atoms with Gasteiger partial charge in [-0.05, 0) is 24.6 Å². The molecular weight excluding hydrogens is 455 g/mol. The van der Waals surface area contributed by atoms with Crippen LogP contribution in [0, 0.1) is 0 Å². The summed E-state index contributed by atoms with van der Waals surface area (Å²) in [5.41, 5.74) is 2.18. The van der Waals surface area contributed by atoms with Crippen LogP contribution in [-0.2, 0) is 13.1 Å². The van der Waals surface area contributed by atoms with Crippen LogP contribution in [0.2, 0.25) is 5.02 Å². The molecule has 1 heterocycles. The minimum atomic E-state index is 0. The largest absolute Gasteiger partial charge is 0.357 e. The van der Waals surface area contributed by atoms with Crippen LogP contribution < -0.4 is 10.6 Å². The number of hydrogen-bond donors (Lipinski definition) is 2. The molecule has 0 spiro atoms. The second-order valence-corrected chi connectivity index (χ2v) is 6.83. The monoisotopic (exact) mass is 478 g/mol. The quantitative estimate of drug-likeness (QED) is 0.356. The standard InChI is InChI=1S/C17H23ClN4S.HI/c1-4-19-17(20-9-13-5-7-14(18)8-6-13)21-10-15-11-23-16(22-15)12(2)3;/h5-8,11-12H,4,9-10H2,1-3H3,(H2,19,20,21);1H. The highest BCUT2D eigenvalue weighted by atomic mass is 127. The van der Waals surface area contributed by atoms with Crippen molar-refractivity contribution < 1.29 is 0 Å². The Morgan fingerprint density at radius 2 is 1.96 bits per heavy atom. The van der Waals surface area contributed by atoms with Gasteiger partial charge < -0.3 is 10.6 Å². The highest BCUT2D eigenvalue weighted by Crippen LogP contribution is 2.18. The van der Waals surface area contributed by atoms with Gasteiger partial charge in [0.25, 0.3) is 0 Å². The van der Waals surface area contributed by atoms with E-state index in [2.05, 4.69) is 46.8 Å². The first kappa shape index (κ1) is 21.2. The number of nitrogens with zero attached hydrogens (tertiary/aromatic N) is 2. The molecule has 7 heteroatoms. The molecule has 0 aliphatic carbocycles. The van der Waals surface area contributed by atoms with Gasteiger partial charge in [-0.15, -0.1) is 35.3 Å². The van der Waals surface area contributed by atoms with Gasteiger partial charge in [0.05, 0.1) is 23.8 Å². The first-order valence-electron chi connectivity index (χ1n) is 7.79. The molecule has 0 radical (unpaired) electrons. The third-order valence-electron chi connectivity index (χ3n) is 3.18. The number of rotatable bonds is 6. The molecule has 0 amide bonds. The Labute approximate surface area is 170 Å². The van der Waals surface area contributed by atoms with E-state index in [0.29, 0.717) is 19.0 Å². The van der Waals surface area contributed by atoms with E-state index in [0.717, 1.165) is 28.8 Å². The number of hydrogen-bond acceptors (Lipinski definition) is 3. The van der Waals surface area contributed by atoms with Crippen molar-refractivity contribution in [3.05, 3.63) is 50.9 Å². The molecule has 132 valence electrons. The van der Waals surface area contributed by atoms with Crippen molar-refractivity contribution in [3.63, 3.8) is 0 Å². The number of guanidine groups is 1. The maximum atomic E-state index is 5.90. The third kappa shape index (κ3) is 6.94. The molecule has 1 aromatic heterocycles. The van der Waals surface area contributed by atoms with E-state index in [9.17, 15) is 0 Å². The Hall–Kier alpha value is -0.860. The zero-order chi connectivity index (χ0) is 16.7. The number of aromatic nitrogens is 1. The molecule has 24 heavy (non-hydrogen) atoms. The van der Waals surface area contributed by atoms with E-state index in [4.69, 9.17) is 11.6 Å². The van der Waals surface area contributed by atoms with Crippen LogP contribution in [0.1, 0.15) is 43.0 Å². The fraction of sp³-hybridized carbons (Fsp3) is 0.412. The highest BCUT2D eigenvalue weighted by molar-refractivity contribution is 14.0. The van der Waals surface area contributed by atoms with Gasteiger partial charge in [-0.3, -0.25) is 0 Å². The summed E-state index contributed by atoms with van der Waals surface area (Å²) >= 11 is 7.61. The Bertz CT molecular complexity index is 640. The van der Waals surface area contributed by atoms with E-state index in [1.54, 1.807) is 11.3 Å². The predicted octanol–water partition coefficient (Wildman–Crippen LogP) is 4.79. The lowest BCUT2D eigenvalue weighted by molar-refractivity contribution is 0.787. The van der Waals surface area contributed by atoms with Gasteiger partial charge in [-0.1, -0.05) is 37.6 Å². The average molecular weight is 479 g/mol. The lowest BCUT2D eigenvalue weighted by Gasteiger charge is -2.10. The molecule has 1 aromatic carbocycles. The van der Waals surface area contributed by atoms with Crippen molar-refractivity contribution in [2.24, 2.45) is 4.99 Å². The van der Waals surface area contributed by atoms with E-state index >= 15 is 0 Å². The minimum Gasteiger partial charge on any atom is -0.357 e. The van der Waals surface area contributed by atoms with Crippen molar-refractivity contribution in [1.29, 1.82) is 0 Å². The first-order chi connectivity index (χ1) is 11.1. The fourth-order valence-corrected chi connectivity index (χ4v) is 2.91. The van der Waals surface area contributed by atoms with E-state index in [-0.39, 0.29) is 24.0 Å². The second-order valence-electron chi connectivity index (χ2n) is 5.51. The van der Waals surface area contributed by atoms with Gasteiger partial charge in [-0.25, -0.2) is 9.98 Å². The van der Waals surface area contributed by atoms with Crippen LogP contribution in [0.4, 0.5) is 0 Å². The van der Waals surface area contributed by atoms with Crippen molar-refractivity contribution in [1.82, 2.24) is 15.6 Å². The number of thiazole rings is 1. The van der Waals surface area contributed by atoms with E-state index in [1.165, 1.54) is 5.01 Å². The van der Waals surface area contributed by atoms with Gasteiger partial charge in [-0.2, -0.15) is 0 Å². The molecule has 0 unspecified atom stereocenters. The fourth-order valence-electron chi connectivity index (χ4n) is 1.95. The summed E-state index contributed by atoms with van der Waals surface area (Å²) in [6.07, 6.45) is 0. The predicted molar refractivity (Wildman–Crippen MR) is 115 cm³/mol. The molecule has 2 N–H and O–H groups in total. The SMILES string of the molecule is CCNC(=NCc1ccc(Cl)cc1)NCc1csc(C(C)C)n1.I. The van der Waals surface area contributed by atoms with Crippen LogP contribution in [0.3, 0.4) is 0 Å². The summed E-state index contributed by atoms with van der Waals surface area (Å²) in [5.74, 6) is 1.27. The maximum Gasteiger partial charge on any atom is 0.191 e. The van der Waals surface area contributed by atoms with Gasteiger partial charge in [0, 0.05) is 22.9 Å². The normalized spacial score (nSPS) is 11.3. The van der Waals surface area contributed by atoms with Crippen LogP contribution in [-0.4, -0.2) is 17.5 Å². The Morgan fingerprint density at radius 3 is 2.54 bits per heavy atom. The average Bonchev–Trinajstić information content (AvgIpc) is 3.01. The third-order valence-corrected chi connectivity index (χ3v) is 4.62. The van der Waals surface area contributed by atoms with Crippen molar-refractivity contribution in [3.8, 4) is 0 Å². The Balaban J connectivity index is 0.00000288. The van der Waals surface area contributed by atoms with Crippen LogP contribution >= 0.6 is 46.9 Å². The Morgan fingerprint density at radius 1 is 1.25 bits per heavy atom. The molecular formula is C17H24ClIN4S. The summed E-state index contributed by atoms with van der Waals surface area (Å²) in [4.78, 5) is 9.23. The van der Waals surface area contributed by atoms with Gasteiger partial charge >= 0.3 is 0 Å². The molecule has 0 aliphatic rings. The van der Waals surface area contributed by atoms with Gasteiger partial charge in [0.1, 0.15) is 0 Å². The van der Waals surface area contributed by atoms with E-state index in [1.807, 2.05) is 24.3 Å². The molecule has 0 bridgehead atoms. The van der Waals surface area contributed by atoms with Crippen molar-refractivity contribution in [2.75, 3.05) is 6.54 Å². The number of benzene rings is 1. The summed E-state index contributed by atoms with van der Waals surface area (Å²) in [6.45, 7) is 8.48. The molecule has 4 nitrogen and oxygen atoms in total.